The molecule has 0 rings (SSSR count). The van der Waals surface area contributed by atoms with Gasteiger partial charge < -0.3 is 24.9 Å². The maximum atomic E-state index is 11.6. The van der Waals surface area contributed by atoms with Crippen LogP contribution in [-0.4, -0.2) is 65.5 Å². The highest BCUT2D eigenvalue weighted by molar-refractivity contribution is 7.47. The van der Waals surface area contributed by atoms with E-state index in [0.29, 0.717) is 6.61 Å². The molecule has 3 unspecified atom stereocenters. The van der Waals surface area contributed by atoms with E-state index >= 15 is 0 Å². The summed E-state index contributed by atoms with van der Waals surface area (Å²) in [6, 6.07) is 0. The molecule has 0 aromatic carbocycles. The number of unbranched alkanes of at least 4 members (excludes halogenated alkanes) is 21. The Morgan fingerprint density at radius 2 is 0.872 bits per heavy atom. The molecule has 0 radical (unpaired) electrons. The van der Waals surface area contributed by atoms with E-state index in [1.807, 2.05) is 0 Å². The minimum Gasteiger partial charge on any atom is -0.394 e. The standard InChI is InChI=1S/C30H63O8P/c1-2-3-4-5-6-7-8-9-10-11-12-13-14-15-16-17-18-19-20-21-22-23-24-36-26-30(33)28-38-39(34,35)37-27-29(32)25-31/h29-33H,2-28H2,1H3,(H,34,35). The molecule has 0 fully saturated rings. The fourth-order valence-electron chi connectivity index (χ4n) is 4.53. The van der Waals surface area contributed by atoms with Crippen molar-refractivity contribution >= 4 is 7.82 Å². The maximum absolute atomic E-state index is 11.6. The second kappa shape index (κ2) is 29.4. The largest absolute Gasteiger partial charge is 0.472 e. The van der Waals surface area contributed by atoms with E-state index in [9.17, 15) is 14.6 Å². The highest BCUT2D eigenvalue weighted by Crippen LogP contribution is 2.43. The molecule has 0 saturated heterocycles. The van der Waals surface area contributed by atoms with Gasteiger partial charge in [-0.25, -0.2) is 4.57 Å². The Morgan fingerprint density at radius 1 is 0.538 bits per heavy atom. The third kappa shape index (κ3) is 30.7. The van der Waals surface area contributed by atoms with E-state index in [2.05, 4.69) is 16.0 Å². The van der Waals surface area contributed by atoms with Crippen molar-refractivity contribution in [3.63, 3.8) is 0 Å². The van der Waals surface area contributed by atoms with E-state index in [4.69, 9.17) is 14.9 Å². The lowest BCUT2D eigenvalue weighted by Crippen LogP contribution is -2.23. The second-order valence-electron chi connectivity index (χ2n) is 11.0. The number of ether oxygens (including phenoxy) is 1. The first-order valence-corrected chi connectivity index (χ1v) is 17.6. The molecule has 0 spiro atoms. The van der Waals surface area contributed by atoms with Crippen molar-refractivity contribution < 1.29 is 38.6 Å². The lowest BCUT2D eigenvalue weighted by Gasteiger charge is -2.16. The van der Waals surface area contributed by atoms with Gasteiger partial charge in [-0.1, -0.05) is 142 Å². The summed E-state index contributed by atoms with van der Waals surface area (Å²) in [7, 11) is -4.38. The Labute approximate surface area is 239 Å². The molecule has 236 valence electrons. The van der Waals surface area contributed by atoms with E-state index < -0.39 is 39.9 Å². The van der Waals surface area contributed by atoms with Crippen LogP contribution in [0.25, 0.3) is 0 Å². The topological polar surface area (TPSA) is 126 Å². The van der Waals surface area contributed by atoms with E-state index in [0.717, 1.165) is 12.8 Å². The van der Waals surface area contributed by atoms with Gasteiger partial charge in [0.2, 0.25) is 0 Å². The van der Waals surface area contributed by atoms with Crippen molar-refractivity contribution in [3.05, 3.63) is 0 Å². The maximum Gasteiger partial charge on any atom is 0.472 e. The molecule has 0 amide bonds. The summed E-state index contributed by atoms with van der Waals surface area (Å²) >= 11 is 0. The average Bonchev–Trinajstić information content (AvgIpc) is 2.93. The normalized spacial score (nSPS) is 14.9. The van der Waals surface area contributed by atoms with E-state index in [1.54, 1.807) is 0 Å². The molecule has 0 bridgehead atoms. The fourth-order valence-corrected chi connectivity index (χ4v) is 5.33. The minimum atomic E-state index is -4.38. The summed E-state index contributed by atoms with van der Waals surface area (Å²) in [4.78, 5) is 9.44. The molecule has 0 aromatic rings. The summed E-state index contributed by atoms with van der Waals surface area (Å²) in [6.07, 6.45) is 27.4. The molecule has 0 aliphatic heterocycles. The number of phosphoric acid groups is 1. The molecule has 0 heterocycles. The molecule has 4 N–H and O–H groups in total. The Balaban J connectivity index is 3.26. The van der Waals surface area contributed by atoms with E-state index in [-0.39, 0.29) is 6.61 Å². The lowest BCUT2D eigenvalue weighted by molar-refractivity contribution is -0.00437. The molecule has 0 aromatic heterocycles. The molecule has 0 aliphatic carbocycles. The van der Waals surface area contributed by atoms with Gasteiger partial charge in [0.25, 0.3) is 0 Å². The van der Waals surface area contributed by atoms with Gasteiger partial charge in [0.15, 0.2) is 0 Å². The first-order chi connectivity index (χ1) is 18.9. The summed E-state index contributed by atoms with van der Waals surface area (Å²) in [5.41, 5.74) is 0. The smallest absolute Gasteiger partial charge is 0.394 e. The second-order valence-corrected chi connectivity index (χ2v) is 12.5. The van der Waals surface area contributed by atoms with Gasteiger partial charge in [-0.2, -0.15) is 0 Å². The first-order valence-electron chi connectivity index (χ1n) is 16.1. The molecular formula is C30H63O8P. The Hall–Kier alpha value is -0.0500. The van der Waals surface area contributed by atoms with Crippen molar-refractivity contribution in [3.8, 4) is 0 Å². The monoisotopic (exact) mass is 582 g/mol. The number of aliphatic hydroxyl groups excluding tert-OH is 3. The van der Waals surface area contributed by atoms with Crippen LogP contribution in [-0.2, 0) is 18.3 Å². The minimum absolute atomic E-state index is 0.0124. The zero-order chi connectivity index (χ0) is 28.9. The highest BCUT2D eigenvalue weighted by atomic mass is 31.2. The number of hydrogen-bond acceptors (Lipinski definition) is 7. The van der Waals surface area contributed by atoms with Crippen LogP contribution in [0.1, 0.15) is 148 Å². The van der Waals surface area contributed by atoms with Gasteiger partial charge in [-0.3, -0.25) is 9.05 Å². The van der Waals surface area contributed by atoms with Crippen LogP contribution in [0.3, 0.4) is 0 Å². The molecule has 0 aliphatic rings. The predicted molar refractivity (Wildman–Crippen MR) is 159 cm³/mol. The zero-order valence-corrected chi connectivity index (χ0v) is 26.0. The van der Waals surface area contributed by atoms with Crippen molar-refractivity contribution in [1.82, 2.24) is 0 Å². The van der Waals surface area contributed by atoms with Crippen LogP contribution in [0.4, 0.5) is 0 Å². The van der Waals surface area contributed by atoms with Crippen LogP contribution >= 0.6 is 7.82 Å². The molecular weight excluding hydrogens is 519 g/mol. The SMILES string of the molecule is CCCCCCCCCCCCCCCCCCCCCCCCOCC(O)COP(=O)(O)OCC(O)CO. The Bertz CT molecular complexity index is 537. The Kier molecular flexibility index (Phi) is 29.4. The summed E-state index contributed by atoms with van der Waals surface area (Å²) in [6.45, 7) is 1.29. The lowest BCUT2D eigenvalue weighted by atomic mass is 10.0. The first kappa shape index (κ1) is 39.0. The fraction of sp³-hybridized carbons (Fsp3) is 1.00. The number of hydrogen-bond donors (Lipinski definition) is 4. The van der Waals surface area contributed by atoms with Gasteiger partial charge >= 0.3 is 7.82 Å². The van der Waals surface area contributed by atoms with E-state index in [1.165, 1.54) is 128 Å². The third-order valence-electron chi connectivity index (χ3n) is 7.02. The zero-order valence-electron chi connectivity index (χ0n) is 25.1. The van der Waals surface area contributed by atoms with Crippen LogP contribution in [0.2, 0.25) is 0 Å². The molecule has 8 nitrogen and oxygen atoms in total. The summed E-state index contributed by atoms with van der Waals surface area (Å²) in [5, 5.41) is 27.6. The quantitative estimate of drug-likeness (QED) is 0.0476. The molecule has 3 atom stereocenters. The number of phosphoric ester groups is 1. The van der Waals surface area contributed by atoms with Gasteiger partial charge in [-0.15, -0.1) is 0 Å². The van der Waals surface area contributed by atoms with Gasteiger partial charge in [0.1, 0.15) is 12.2 Å². The van der Waals surface area contributed by atoms with Gasteiger partial charge in [0.05, 0.1) is 26.4 Å². The molecule has 39 heavy (non-hydrogen) atoms. The van der Waals surface area contributed by atoms with Crippen molar-refractivity contribution in [2.75, 3.05) is 33.0 Å². The van der Waals surface area contributed by atoms with Crippen molar-refractivity contribution in [1.29, 1.82) is 0 Å². The van der Waals surface area contributed by atoms with Gasteiger partial charge in [-0.05, 0) is 6.42 Å². The third-order valence-corrected chi connectivity index (χ3v) is 7.97. The van der Waals surface area contributed by atoms with Crippen LogP contribution in [0.5, 0.6) is 0 Å². The number of rotatable bonds is 32. The summed E-state index contributed by atoms with van der Waals surface area (Å²) in [5.74, 6) is 0. The van der Waals surface area contributed by atoms with Crippen LogP contribution < -0.4 is 0 Å². The average molecular weight is 583 g/mol. The van der Waals surface area contributed by atoms with Crippen molar-refractivity contribution in [2.24, 2.45) is 0 Å². The highest BCUT2D eigenvalue weighted by Gasteiger charge is 2.24. The molecule has 9 heteroatoms. The van der Waals surface area contributed by atoms with Crippen molar-refractivity contribution in [2.45, 2.75) is 160 Å². The predicted octanol–water partition coefficient (Wildman–Crippen LogP) is 7.45. The number of aliphatic hydroxyl groups is 3. The van der Waals surface area contributed by atoms with Crippen LogP contribution in [0.15, 0.2) is 0 Å². The van der Waals surface area contributed by atoms with Gasteiger partial charge in [0, 0.05) is 6.61 Å². The van der Waals surface area contributed by atoms with Crippen LogP contribution in [0, 0.1) is 0 Å². The Morgan fingerprint density at radius 3 is 1.23 bits per heavy atom. The summed E-state index contributed by atoms with van der Waals surface area (Å²) < 4.78 is 26.2. The molecule has 0 saturated carbocycles.